The smallest absolute Gasteiger partial charge is 0.850 e. The van der Waals surface area contributed by atoms with Crippen molar-refractivity contribution in [2.75, 3.05) is 13.2 Å². The van der Waals surface area contributed by atoms with E-state index in [1.165, 1.54) is 0 Å². The molecule has 0 bridgehead atoms. The zero-order valence-corrected chi connectivity index (χ0v) is 7.42. The number of hydrogen-bond donors (Lipinski definition) is 0. The minimum absolute atomic E-state index is 0. The molecule has 4 heteroatoms. The van der Waals surface area contributed by atoms with E-state index in [1.54, 1.807) is 0 Å². The van der Waals surface area contributed by atoms with Gasteiger partial charge in [0.05, 0.1) is 0 Å². The van der Waals surface area contributed by atoms with Crippen molar-refractivity contribution in [3.63, 3.8) is 0 Å². The Morgan fingerprint density at radius 1 is 1.67 bits per heavy atom. The molecule has 0 spiro atoms. The second-order valence-electron chi connectivity index (χ2n) is 1.88. The largest absolute Gasteiger partial charge is 1.00 e. The summed E-state index contributed by atoms with van der Waals surface area (Å²) in [6, 6.07) is 0. The van der Waals surface area contributed by atoms with Crippen molar-refractivity contribution in [2.24, 2.45) is 0 Å². The summed E-state index contributed by atoms with van der Waals surface area (Å²) < 4.78 is 4.63. The second-order valence-corrected chi connectivity index (χ2v) is 1.88. The predicted molar refractivity (Wildman–Crippen MR) is 24.2 cm³/mol. The summed E-state index contributed by atoms with van der Waals surface area (Å²) in [6.45, 7) is 0.338. The van der Waals surface area contributed by atoms with Gasteiger partial charge in [0.25, 0.3) is 0 Å². The van der Waals surface area contributed by atoms with Crippen LogP contribution in [0.2, 0.25) is 0 Å². The maximum Gasteiger partial charge on any atom is 1.00 e. The van der Waals surface area contributed by atoms with Gasteiger partial charge in [-0.1, -0.05) is 6.10 Å². The summed E-state index contributed by atoms with van der Waals surface area (Å²) in [5.41, 5.74) is 0. The number of carbonyl (C=O) groups is 1. The third kappa shape index (κ3) is 3.33. The van der Waals surface area contributed by atoms with Gasteiger partial charge in [0.1, 0.15) is 6.61 Å². The first kappa shape index (κ1) is 9.59. The molecule has 3 nitrogen and oxygen atoms in total. The molecule has 1 fully saturated rings. The number of Topliss-reactive ketones (excluding diaryl/α,β-unsaturated/α-hetero) is 1. The van der Waals surface area contributed by atoms with Gasteiger partial charge in [-0.25, -0.2) is 0 Å². The fraction of sp³-hybridized carbons (Fsp3) is 0.800. The van der Waals surface area contributed by atoms with Gasteiger partial charge in [0.15, 0.2) is 5.78 Å². The molecule has 0 aromatic heterocycles. The first-order chi connectivity index (χ1) is 3.79. The Labute approximate surface area is 75.7 Å². The average Bonchev–Trinajstić information content (AvgIpc) is 1.64. The number of ether oxygens (including phenoxy) is 1. The quantitative estimate of drug-likeness (QED) is 0.318. The minimum atomic E-state index is -0.809. The Morgan fingerprint density at radius 2 is 2.33 bits per heavy atom. The van der Waals surface area contributed by atoms with Crippen LogP contribution in [0.3, 0.4) is 0 Å². The van der Waals surface area contributed by atoms with Gasteiger partial charge in [-0.3, -0.25) is 4.79 Å². The summed E-state index contributed by atoms with van der Waals surface area (Å²) in [4.78, 5) is 10.3. The summed E-state index contributed by atoms with van der Waals surface area (Å²) in [5, 5.41) is 10.4. The van der Waals surface area contributed by atoms with E-state index in [0.29, 0.717) is 0 Å². The van der Waals surface area contributed by atoms with Crippen LogP contribution in [0.4, 0.5) is 0 Å². The molecule has 46 valence electrons. The summed E-state index contributed by atoms with van der Waals surface area (Å²) in [6.07, 6.45) is -0.656. The fourth-order valence-corrected chi connectivity index (χ4v) is 0.676. The van der Waals surface area contributed by atoms with Gasteiger partial charge in [-0.05, 0) is 6.42 Å². The molecule has 0 saturated carbocycles. The number of rotatable bonds is 0. The minimum Gasteiger partial charge on any atom is -0.850 e. The van der Waals surface area contributed by atoms with Gasteiger partial charge < -0.3 is 9.84 Å². The van der Waals surface area contributed by atoms with Crippen molar-refractivity contribution in [3.8, 4) is 0 Å². The second kappa shape index (κ2) is 4.41. The molecule has 1 unspecified atom stereocenters. The first-order valence-electron chi connectivity index (χ1n) is 2.54. The Morgan fingerprint density at radius 3 is 2.67 bits per heavy atom. The topological polar surface area (TPSA) is 49.4 Å². The normalized spacial score (nSPS) is 27.2. The van der Waals surface area contributed by atoms with E-state index >= 15 is 0 Å². The molecule has 0 N–H and O–H groups in total. The molecule has 0 aromatic rings. The SMILES string of the molecule is O=C1COCC([O-])C1.[Na+]. The first-order valence-corrected chi connectivity index (χ1v) is 2.54. The maximum atomic E-state index is 10.4. The van der Waals surface area contributed by atoms with Gasteiger partial charge in [0, 0.05) is 6.61 Å². The van der Waals surface area contributed by atoms with E-state index in [9.17, 15) is 9.90 Å². The van der Waals surface area contributed by atoms with Crippen molar-refractivity contribution >= 4 is 5.78 Å². The summed E-state index contributed by atoms with van der Waals surface area (Å²) in [7, 11) is 0. The predicted octanol–water partition coefficient (Wildman–Crippen LogP) is -4.29. The maximum absolute atomic E-state index is 10.4. The van der Waals surface area contributed by atoms with Crippen LogP contribution in [-0.2, 0) is 9.53 Å². The Kier molecular flexibility index (Phi) is 4.70. The monoisotopic (exact) mass is 138 g/mol. The van der Waals surface area contributed by atoms with Gasteiger partial charge >= 0.3 is 29.6 Å². The standard InChI is InChI=1S/C5H7O3.Na/c6-4-1-5(7)3-8-2-4;/h4H,1-3H2;/q-1;+1. The molecule has 1 aliphatic heterocycles. The summed E-state index contributed by atoms with van der Waals surface area (Å²) >= 11 is 0. The van der Waals surface area contributed by atoms with Crippen LogP contribution in [0.5, 0.6) is 0 Å². The van der Waals surface area contributed by atoms with Crippen LogP contribution in [0.25, 0.3) is 0 Å². The fourth-order valence-electron chi connectivity index (χ4n) is 0.676. The zero-order chi connectivity index (χ0) is 5.98. The third-order valence-corrected chi connectivity index (χ3v) is 1.02. The van der Waals surface area contributed by atoms with E-state index in [1.807, 2.05) is 0 Å². The van der Waals surface area contributed by atoms with Crippen molar-refractivity contribution in [1.29, 1.82) is 0 Å². The molecule has 1 heterocycles. The van der Waals surface area contributed by atoms with Crippen LogP contribution in [-0.4, -0.2) is 25.1 Å². The molecular formula is C5H7NaO3. The van der Waals surface area contributed by atoms with Crippen LogP contribution < -0.4 is 34.7 Å². The molecule has 1 atom stereocenters. The molecule has 0 aliphatic carbocycles. The molecular weight excluding hydrogens is 131 g/mol. The zero-order valence-electron chi connectivity index (χ0n) is 5.42. The number of carbonyl (C=O) groups excluding carboxylic acids is 1. The molecule has 0 aromatic carbocycles. The van der Waals surface area contributed by atoms with Crippen LogP contribution in [0.1, 0.15) is 6.42 Å². The number of ketones is 1. The van der Waals surface area contributed by atoms with Crippen LogP contribution in [0.15, 0.2) is 0 Å². The summed E-state index contributed by atoms with van der Waals surface area (Å²) in [5.74, 6) is -0.0729. The van der Waals surface area contributed by atoms with E-state index in [0.717, 1.165) is 0 Å². The van der Waals surface area contributed by atoms with Crippen molar-refractivity contribution in [2.45, 2.75) is 12.5 Å². The Hall–Kier alpha value is 0.590. The van der Waals surface area contributed by atoms with Crippen molar-refractivity contribution in [3.05, 3.63) is 0 Å². The third-order valence-electron chi connectivity index (χ3n) is 1.02. The van der Waals surface area contributed by atoms with Crippen molar-refractivity contribution < 1.29 is 44.2 Å². The van der Waals surface area contributed by atoms with Gasteiger partial charge in [0.2, 0.25) is 0 Å². The number of hydrogen-bond acceptors (Lipinski definition) is 3. The Balaban J connectivity index is 0.000000640. The van der Waals surface area contributed by atoms with Gasteiger partial charge in [-0.15, -0.1) is 0 Å². The molecule has 1 aliphatic rings. The Bertz CT molecular complexity index is 104. The molecule has 9 heavy (non-hydrogen) atoms. The van der Waals surface area contributed by atoms with Crippen molar-refractivity contribution in [1.82, 2.24) is 0 Å². The molecule has 1 rings (SSSR count). The van der Waals surface area contributed by atoms with E-state index in [4.69, 9.17) is 0 Å². The van der Waals surface area contributed by atoms with E-state index in [2.05, 4.69) is 4.74 Å². The molecule has 0 amide bonds. The van der Waals surface area contributed by atoms with Crippen LogP contribution >= 0.6 is 0 Å². The molecule has 0 radical (unpaired) electrons. The van der Waals surface area contributed by atoms with E-state index < -0.39 is 6.10 Å². The van der Waals surface area contributed by atoms with Gasteiger partial charge in [-0.2, -0.15) is 0 Å². The van der Waals surface area contributed by atoms with Crippen LogP contribution in [0, 0.1) is 0 Å². The van der Waals surface area contributed by atoms with E-state index in [-0.39, 0.29) is 55.0 Å². The molecule has 1 saturated heterocycles. The average molecular weight is 138 g/mol.